The second-order valence-electron chi connectivity index (χ2n) is 8.20. The van der Waals surface area contributed by atoms with E-state index in [1.165, 1.54) is 5.69 Å². The molecule has 1 saturated heterocycles. The lowest BCUT2D eigenvalue weighted by atomic mass is 10.1. The third kappa shape index (κ3) is 4.37. The Hall–Kier alpha value is -3.06. The highest BCUT2D eigenvalue weighted by Crippen LogP contribution is 2.23. The van der Waals surface area contributed by atoms with Crippen molar-refractivity contribution in [2.75, 3.05) is 38.3 Å². The normalized spacial score (nSPS) is 14.2. The minimum absolute atomic E-state index is 0.0399. The molecule has 1 fully saturated rings. The molecule has 0 radical (unpaired) electrons. The number of fused-ring (bicyclic) bond motifs is 1. The van der Waals surface area contributed by atoms with Crippen LogP contribution in [-0.2, 0) is 36.6 Å². The summed E-state index contributed by atoms with van der Waals surface area (Å²) in [6, 6.07) is 14.3. The van der Waals surface area contributed by atoms with Crippen LogP contribution in [0, 0.1) is 0 Å². The van der Waals surface area contributed by atoms with E-state index in [4.69, 9.17) is 4.74 Å². The molecule has 2 aromatic carbocycles. The number of hydrogen-bond acceptors (Lipinski definition) is 4. The first-order valence-electron chi connectivity index (χ1n) is 10.7. The monoisotopic (exact) mass is 422 g/mol. The molecule has 1 aliphatic rings. The van der Waals surface area contributed by atoms with E-state index >= 15 is 0 Å². The lowest BCUT2D eigenvalue weighted by molar-refractivity contribution is -0.130. The number of aryl methyl sites for hydroxylation is 3. The van der Waals surface area contributed by atoms with Crippen molar-refractivity contribution in [1.82, 2.24) is 14.0 Å². The number of amides is 1. The zero-order valence-electron chi connectivity index (χ0n) is 18.5. The number of morpholine rings is 1. The van der Waals surface area contributed by atoms with Gasteiger partial charge in [-0.2, -0.15) is 0 Å². The fourth-order valence-electron chi connectivity index (χ4n) is 4.25. The molecule has 0 unspecified atom stereocenters. The lowest BCUT2D eigenvalue weighted by Gasteiger charge is -2.31. The molecular formula is C24H30N4O3. The molecule has 1 aromatic heterocycles. The molecule has 1 aliphatic heterocycles. The summed E-state index contributed by atoms with van der Waals surface area (Å²) in [4.78, 5) is 29.1. The summed E-state index contributed by atoms with van der Waals surface area (Å²) in [6.45, 7) is 3.80. The molecule has 4 rings (SSSR count). The maximum absolute atomic E-state index is 12.8. The second-order valence-corrected chi connectivity index (χ2v) is 8.20. The average molecular weight is 423 g/mol. The number of nitrogens with zero attached hydrogens (tertiary/aromatic N) is 4. The fourth-order valence-corrected chi connectivity index (χ4v) is 4.25. The van der Waals surface area contributed by atoms with Crippen LogP contribution in [0.25, 0.3) is 11.0 Å². The Balaban J connectivity index is 1.41. The number of aromatic nitrogens is 2. The van der Waals surface area contributed by atoms with Crippen LogP contribution in [0.2, 0.25) is 0 Å². The fraction of sp³-hybridized carbons (Fsp3) is 0.417. The Labute approximate surface area is 182 Å². The molecule has 0 aliphatic carbocycles. The number of para-hydroxylation sites is 1. The van der Waals surface area contributed by atoms with Crippen LogP contribution in [0.5, 0.6) is 0 Å². The van der Waals surface area contributed by atoms with Crippen LogP contribution >= 0.6 is 0 Å². The predicted octanol–water partition coefficient (Wildman–Crippen LogP) is 2.30. The van der Waals surface area contributed by atoms with Gasteiger partial charge in [0.2, 0.25) is 5.91 Å². The first-order valence-corrected chi connectivity index (χ1v) is 10.7. The Morgan fingerprint density at radius 2 is 1.74 bits per heavy atom. The van der Waals surface area contributed by atoms with E-state index in [0.717, 1.165) is 48.5 Å². The van der Waals surface area contributed by atoms with Crippen molar-refractivity contribution in [3.63, 3.8) is 0 Å². The molecule has 0 spiro atoms. The van der Waals surface area contributed by atoms with Gasteiger partial charge in [0.25, 0.3) is 0 Å². The van der Waals surface area contributed by atoms with Crippen LogP contribution < -0.4 is 10.6 Å². The number of imidazole rings is 1. The first-order chi connectivity index (χ1) is 15.0. The van der Waals surface area contributed by atoms with Crippen LogP contribution in [-0.4, -0.2) is 53.3 Å². The van der Waals surface area contributed by atoms with Crippen LogP contribution in [0.3, 0.4) is 0 Å². The molecule has 2 heterocycles. The quantitative estimate of drug-likeness (QED) is 0.612. The zero-order valence-corrected chi connectivity index (χ0v) is 18.5. The molecule has 0 bridgehead atoms. The van der Waals surface area contributed by atoms with Gasteiger partial charge in [0, 0.05) is 52.9 Å². The van der Waals surface area contributed by atoms with Gasteiger partial charge >= 0.3 is 5.69 Å². The topological polar surface area (TPSA) is 59.7 Å². The number of anilines is 1. The van der Waals surface area contributed by atoms with E-state index in [-0.39, 0.29) is 11.6 Å². The van der Waals surface area contributed by atoms with E-state index in [9.17, 15) is 9.59 Å². The van der Waals surface area contributed by atoms with E-state index < -0.39 is 0 Å². The number of carbonyl (C=O) groups excluding carboxylic acids is 1. The molecule has 3 aromatic rings. The Morgan fingerprint density at radius 1 is 1.03 bits per heavy atom. The number of rotatable bonds is 6. The highest BCUT2D eigenvalue weighted by Gasteiger charge is 2.17. The van der Waals surface area contributed by atoms with Gasteiger partial charge in [-0.05, 0) is 35.7 Å². The Morgan fingerprint density at radius 3 is 2.52 bits per heavy atom. The first kappa shape index (κ1) is 21.2. The maximum Gasteiger partial charge on any atom is 0.328 e. The molecule has 0 N–H and O–H groups in total. The largest absolute Gasteiger partial charge is 0.378 e. The van der Waals surface area contributed by atoms with Gasteiger partial charge in [0.15, 0.2) is 0 Å². The molecular weight excluding hydrogens is 392 g/mol. The van der Waals surface area contributed by atoms with Gasteiger partial charge in [-0.15, -0.1) is 0 Å². The smallest absolute Gasteiger partial charge is 0.328 e. The van der Waals surface area contributed by atoms with Gasteiger partial charge in [-0.3, -0.25) is 13.9 Å². The molecule has 164 valence electrons. The predicted molar refractivity (Wildman–Crippen MR) is 122 cm³/mol. The summed E-state index contributed by atoms with van der Waals surface area (Å²) in [7, 11) is 5.42. The van der Waals surface area contributed by atoms with Gasteiger partial charge in [-0.1, -0.05) is 24.3 Å². The molecule has 31 heavy (non-hydrogen) atoms. The van der Waals surface area contributed by atoms with E-state index in [1.807, 2.05) is 37.4 Å². The van der Waals surface area contributed by atoms with Gasteiger partial charge < -0.3 is 14.5 Å². The number of benzene rings is 2. The number of hydrogen-bond donors (Lipinski definition) is 0. The Bertz CT molecular complexity index is 1140. The van der Waals surface area contributed by atoms with Crippen LogP contribution in [0.1, 0.15) is 17.5 Å². The van der Waals surface area contributed by atoms with Gasteiger partial charge in [-0.25, -0.2) is 4.79 Å². The minimum atomic E-state index is -0.0399. The number of carbonyl (C=O) groups is 1. The van der Waals surface area contributed by atoms with Crippen molar-refractivity contribution in [3.05, 3.63) is 64.1 Å². The van der Waals surface area contributed by atoms with Crippen molar-refractivity contribution < 1.29 is 9.53 Å². The Kier molecular flexibility index (Phi) is 6.13. The summed E-state index contributed by atoms with van der Waals surface area (Å²) in [5.74, 6) is 0.110. The standard InChI is InChI=1S/C24H30N4O3/c1-25(17-19-6-4-5-7-20(19)28-12-14-31-15-13-28)23(29)11-9-18-8-10-21-22(16-18)27(3)24(30)26(21)2/h4-8,10,16H,9,11-15,17H2,1-3H3. The van der Waals surface area contributed by atoms with Crippen molar-refractivity contribution in [3.8, 4) is 0 Å². The minimum Gasteiger partial charge on any atom is -0.378 e. The summed E-state index contributed by atoms with van der Waals surface area (Å²) in [5.41, 5.74) is 5.15. The third-order valence-corrected chi connectivity index (χ3v) is 6.14. The van der Waals surface area contributed by atoms with E-state index in [0.29, 0.717) is 19.4 Å². The summed E-state index contributed by atoms with van der Waals surface area (Å²) in [5, 5.41) is 0. The van der Waals surface area contributed by atoms with E-state index in [1.54, 1.807) is 28.1 Å². The molecule has 0 saturated carbocycles. The van der Waals surface area contributed by atoms with E-state index in [2.05, 4.69) is 17.0 Å². The maximum atomic E-state index is 12.8. The highest BCUT2D eigenvalue weighted by atomic mass is 16.5. The van der Waals surface area contributed by atoms with Crippen molar-refractivity contribution >= 4 is 22.6 Å². The highest BCUT2D eigenvalue weighted by molar-refractivity contribution is 5.78. The van der Waals surface area contributed by atoms with Crippen LogP contribution in [0.15, 0.2) is 47.3 Å². The molecule has 7 heteroatoms. The molecule has 1 amide bonds. The van der Waals surface area contributed by atoms with Crippen molar-refractivity contribution in [2.45, 2.75) is 19.4 Å². The third-order valence-electron chi connectivity index (χ3n) is 6.14. The van der Waals surface area contributed by atoms with Crippen LogP contribution in [0.4, 0.5) is 5.69 Å². The summed E-state index contributed by atoms with van der Waals surface area (Å²) in [6.07, 6.45) is 1.08. The zero-order chi connectivity index (χ0) is 22.0. The summed E-state index contributed by atoms with van der Waals surface area (Å²) < 4.78 is 8.76. The molecule has 0 atom stereocenters. The number of ether oxygens (including phenoxy) is 1. The summed E-state index contributed by atoms with van der Waals surface area (Å²) >= 11 is 0. The second kappa shape index (κ2) is 8.98. The average Bonchev–Trinajstić information content (AvgIpc) is 3.02. The molecule has 7 nitrogen and oxygen atoms in total. The van der Waals surface area contributed by atoms with Gasteiger partial charge in [0.1, 0.15) is 0 Å². The van der Waals surface area contributed by atoms with Crippen molar-refractivity contribution in [1.29, 1.82) is 0 Å². The van der Waals surface area contributed by atoms with Gasteiger partial charge in [0.05, 0.1) is 24.2 Å². The van der Waals surface area contributed by atoms with Crippen molar-refractivity contribution in [2.24, 2.45) is 14.1 Å². The SMILES string of the molecule is CN(Cc1ccccc1N1CCOCC1)C(=O)CCc1ccc2c(c1)n(C)c(=O)n2C. The lowest BCUT2D eigenvalue weighted by Crippen LogP contribution is -2.37.